The maximum absolute atomic E-state index is 4.31. The summed E-state index contributed by atoms with van der Waals surface area (Å²) in [5, 5.41) is 0. The van der Waals surface area contributed by atoms with Crippen LogP contribution in [0.25, 0.3) is 0 Å². The highest BCUT2D eigenvalue weighted by atomic mass is 32.1. The van der Waals surface area contributed by atoms with Crippen LogP contribution in [0.4, 0.5) is 0 Å². The van der Waals surface area contributed by atoms with Crippen LogP contribution in [-0.4, -0.2) is 0 Å². The molecule has 0 saturated carbocycles. The SMILES string of the molecule is SCc1ccc[n+](CCCC[n+]2cccc(CS)c2)c1. The van der Waals surface area contributed by atoms with Crippen molar-refractivity contribution in [2.75, 3.05) is 0 Å². The van der Waals surface area contributed by atoms with Gasteiger partial charge in [-0.05, 0) is 12.1 Å². The molecule has 0 radical (unpaired) electrons. The molecule has 106 valence electrons. The lowest BCUT2D eigenvalue weighted by Gasteiger charge is -2.00. The summed E-state index contributed by atoms with van der Waals surface area (Å²) in [6, 6.07) is 8.41. The molecule has 0 aromatic carbocycles. The Kier molecular flexibility index (Phi) is 6.40. The molecule has 2 nitrogen and oxygen atoms in total. The van der Waals surface area contributed by atoms with E-state index in [0.717, 1.165) is 24.6 Å². The smallest absolute Gasteiger partial charge is 0.172 e. The Morgan fingerprint density at radius 3 is 1.60 bits per heavy atom. The molecule has 0 aliphatic heterocycles. The van der Waals surface area contributed by atoms with Gasteiger partial charge in [0, 0.05) is 47.6 Å². The fourth-order valence-corrected chi connectivity index (χ4v) is 2.58. The topological polar surface area (TPSA) is 7.76 Å². The van der Waals surface area contributed by atoms with E-state index < -0.39 is 0 Å². The highest BCUT2D eigenvalue weighted by Crippen LogP contribution is 2.00. The standard InChI is InChI=1S/C16H20N2S2/c19-13-15-5-3-9-17(11-15)7-1-2-8-18-10-4-6-16(12-18)14-20/h3-6,9-12H,1-2,7-8,13-14H2/p+2. The first-order valence-electron chi connectivity index (χ1n) is 6.99. The fourth-order valence-electron chi connectivity index (χ4n) is 2.21. The molecule has 2 rings (SSSR count). The Hall–Kier alpha value is -1.00. The minimum Gasteiger partial charge on any atom is -0.205 e. The van der Waals surface area contributed by atoms with Gasteiger partial charge in [-0.2, -0.15) is 25.3 Å². The van der Waals surface area contributed by atoms with E-state index in [2.05, 4.69) is 83.4 Å². The Labute approximate surface area is 132 Å². The van der Waals surface area contributed by atoms with E-state index in [9.17, 15) is 0 Å². The molecule has 0 fully saturated rings. The van der Waals surface area contributed by atoms with Gasteiger partial charge in [-0.25, -0.2) is 9.13 Å². The van der Waals surface area contributed by atoms with Crippen LogP contribution in [0.1, 0.15) is 24.0 Å². The molecular formula is C16H22N2S2+2. The number of rotatable bonds is 7. The highest BCUT2D eigenvalue weighted by Gasteiger charge is 2.05. The van der Waals surface area contributed by atoms with Crippen molar-refractivity contribution in [2.24, 2.45) is 0 Å². The normalized spacial score (nSPS) is 10.7. The summed E-state index contributed by atoms with van der Waals surface area (Å²) in [4.78, 5) is 0. The summed E-state index contributed by atoms with van der Waals surface area (Å²) in [5.74, 6) is 1.60. The number of thiol groups is 2. The Balaban J connectivity index is 1.78. The first-order chi connectivity index (χ1) is 9.81. The summed E-state index contributed by atoms with van der Waals surface area (Å²) >= 11 is 8.62. The maximum atomic E-state index is 4.31. The average Bonchev–Trinajstić information content (AvgIpc) is 2.52. The Morgan fingerprint density at radius 1 is 0.750 bits per heavy atom. The number of hydrogen-bond donors (Lipinski definition) is 2. The fraction of sp³-hybridized carbons (Fsp3) is 0.375. The minimum absolute atomic E-state index is 0.799. The van der Waals surface area contributed by atoms with Crippen LogP contribution in [0.2, 0.25) is 0 Å². The first-order valence-corrected chi connectivity index (χ1v) is 8.26. The quantitative estimate of drug-likeness (QED) is 0.442. The molecule has 0 atom stereocenters. The molecule has 2 aromatic rings. The molecule has 2 aromatic heterocycles. The third-order valence-corrected chi connectivity index (χ3v) is 4.02. The van der Waals surface area contributed by atoms with Gasteiger partial charge in [-0.1, -0.05) is 0 Å². The second-order valence-electron chi connectivity index (χ2n) is 4.92. The second-order valence-corrected chi connectivity index (χ2v) is 5.56. The van der Waals surface area contributed by atoms with Gasteiger partial charge in [0.2, 0.25) is 0 Å². The van der Waals surface area contributed by atoms with Crippen molar-refractivity contribution in [3.05, 3.63) is 60.2 Å². The predicted molar refractivity (Wildman–Crippen MR) is 87.9 cm³/mol. The van der Waals surface area contributed by atoms with E-state index >= 15 is 0 Å². The number of hydrogen-bond acceptors (Lipinski definition) is 2. The highest BCUT2D eigenvalue weighted by molar-refractivity contribution is 7.79. The summed E-state index contributed by atoms with van der Waals surface area (Å²) in [6.45, 7) is 2.13. The van der Waals surface area contributed by atoms with E-state index in [1.54, 1.807) is 0 Å². The van der Waals surface area contributed by atoms with Crippen molar-refractivity contribution in [3.63, 3.8) is 0 Å². The van der Waals surface area contributed by atoms with Gasteiger partial charge in [0.1, 0.15) is 13.1 Å². The van der Waals surface area contributed by atoms with Gasteiger partial charge in [-0.3, -0.25) is 0 Å². The van der Waals surface area contributed by atoms with Crippen molar-refractivity contribution in [1.29, 1.82) is 0 Å². The largest absolute Gasteiger partial charge is 0.205 e. The predicted octanol–water partition coefficient (Wildman–Crippen LogP) is 2.60. The molecule has 0 aliphatic rings. The van der Waals surface area contributed by atoms with Crippen LogP contribution in [0.3, 0.4) is 0 Å². The van der Waals surface area contributed by atoms with E-state index in [1.807, 2.05) is 0 Å². The molecule has 0 spiro atoms. The molecular weight excluding hydrogens is 284 g/mol. The number of nitrogens with zero attached hydrogens (tertiary/aromatic N) is 2. The zero-order valence-electron chi connectivity index (χ0n) is 11.7. The van der Waals surface area contributed by atoms with E-state index in [1.165, 1.54) is 24.0 Å². The number of aryl methyl sites for hydroxylation is 2. The molecule has 0 unspecified atom stereocenters. The van der Waals surface area contributed by atoms with Crippen molar-refractivity contribution in [2.45, 2.75) is 37.4 Å². The molecule has 0 bridgehead atoms. The molecule has 0 aliphatic carbocycles. The maximum Gasteiger partial charge on any atom is 0.172 e. The van der Waals surface area contributed by atoms with Gasteiger partial charge >= 0.3 is 0 Å². The number of pyridine rings is 2. The van der Waals surface area contributed by atoms with Crippen LogP contribution in [0.5, 0.6) is 0 Å². The molecule has 2 heterocycles. The second kappa shape index (κ2) is 8.32. The summed E-state index contributed by atoms with van der Waals surface area (Å²) in [7, 11) is 0. The van der Waals surface area contributed by atoms with E-state index in [4.69, 9.17) is 0 Å². The zero-order chi connectivity index (χ0) is 14.2. The lowest BCUT2D eigenvalue weighted by Crippen LogP contribution is -2.36. The van der Waals surface area contributed by atoms with Crippen LogP contribution in [-0.2, 0) is 24.6 Å². The van der Waals surface area contributed by atoms with E-state index in [-0.39, 0.29) is 0 Å². The average molecular weight is 306 g/mol. The van der Waals surface area contributed by atoms with Crippen molar-refractivity contribution in [3.8, 4) is 0 Å². The lowest BCUT2D eigenvalue weighted by atomic mass is 10.2. The molecule has 0 amide bonds. The van der Waals surface area contributed by atoms with Crippen molar-refractivity contribution in [1.82, 2.24) is 0 Å². The molecule has 20 heavy (non-hydrogen) atoms. The first kappa shape index (κ1) is 15.4. The van der Waals surface area contributed by atoms with Crippen molar-refractivity contribution < 1.29 is 9.13 Å². The van der Waals surface area contributed by atoms with Gasteiger partial charge in [-0.15, -0.1) is 0 Å². The summed E-state index contributed by atoms with van der Waals surface area (Å²) in [5.41, 5.74) is 2.54. The number of unbranched alkanes of at least 4 members (excludes halogenated alkanes) is 1. The van der Waals surface area contributed by atoms with Gasteiger partial charge < -0.3 is 0 Å². The third-order valence-electron chi connectivity index (χ3n) is 3.29. The molecule has 0 saturated heterocycles. The van der Waals surface area contributed by atoms with Gasteiger partial charge in [0.15, 0.2) is 24.8 Å². The van der Waals surface area contributed by atoms with Gasteiger partial charge in [0.25, 0.3) is 0 Å². The third kappa shape index (κ3) is 4.84. The summed E-state index contributed by atoms with van der Waals surface area (Å²) in [6.07, 6.45) is 11.0. The Bertz CT molecular complexity index is 494. The lowest BCUT2D eigenvalue weighted by molar-refractivity contribution is -0.708. The van der Waals surface area contributed by atoms with Crippen LogP contribution >= 0.6 is 25.3 Å². The van der Waals surface area contributed by atoms with Gasteiger partial charge in [0.05, 0.1) is 0 Å². The molecule has 0 N–H and O–H groups in total. The van der Waals surface area contributed by atoms with Crippen LogP contribution in [0, 0.1) is 0 Å². The van der Waals surface area contributed by atoms with Crippen LogP contribution in [0.15, 0.2) is 49.1 Å². The van der Waals surface area contributed by atoms with Crippen molar-refractivity contribution >= 4 is 25.3 Å². The monoisotopic (exact) mass is 306 g/mol. The Morgan fingerprint density at radius 2 is 1.20 bits per heavy atom. The van der Waals surface area contributed by atoms with Crippen LogP contribution < -0.4 is 9.13 Å². The minimum atomic E-state index is 0.799. The van der Waals surface area contributed by atoms with E-state index in [0.29, 0.717) is 0 Å². The molecule has 4 heteroatoms. The summed E-state index contributed by atoms with van der Waals surface area (Å²) < 4.78 is 4.50. The zero-order valence-corrected chi connectivity index (χ0v) is 13.4. The number of aromatic nitrogens is 2.